The van der Waals surface area contributed by atoms with Crippen molar-refractivity contribution < 1.29 is 27.6 Å². The zero-order valence-corrected chi connectivity index (χ0v) is 21.9. The summed E-state index contributed by atoms with van der Waals surface area (Å²) < 4.78 is 27.3. The first kappa shape index (κ1) is 27.4. The van der Waals surface area contributed by atoms with Crippen LogP contribution in [0.5, 0.6) is 0 Å². The molecular formula is C26H31N5O6S. The molecule has 202 valence electrons. The van der Waals surface area contributed by atoms with Crippen LogP contribution in [0.15, 0.2) is 53.4 Å². The second kappa shape index (κ2) is 11.8. The number of carbonyl (C=O) groups is 4. The molecule has 3 amide bonds. The fourth-order valence-electron chi connectivity index (χ4n) is 4.47. The van der Waals surface area contributed by atoms with E-state index in [1.165, 1.54) is 34.6 Å². The second-order valence-corrected chi connectivity index (χ2v) is 11.4. The highest BCUT2D eigenvalue weighted by atomic mass is 32.2. The number of likely N-dealkylation sites (N-methyl/N-ethyl adjacent to an activating group) is 1. The lowest BCUT2D eigenvalue weighted by Crippen LogP contribution is -2.47. The monoisotopic (exact) mass is 541 g/mol. The molecule has 38 heavy (non-hydrogen) atoms. The molecule has 3 N–H and O–H groups in total. The zero-order chi connectivity index (χ0) is 27.3. The zero-order valence-electron chi connectivity index (χ0n) is 21.1. The predicted octanol–water partition coefficient (Wildman–Crippen LogP) is 0.699. The normalized spacial score (nSPS) is 19.4. The number of rotatable bonds is 9. The Labute approximate surface area is 221 Å². The Bertz CT molecular complexity index is 1310. The van der Waals surface area contributed by atoms with Gasteiger partial charge in [0.05, 0.1) is 10.9 Å². The van der Waals surface area contributed by atoms with Gasteiger partial charge in [0.15, 0.2) is 0 Å². The quantitative estimate of drug-likeness (QED) is 0.396. The van der Waals surface area contributed by atoms with Crippen molar-refractivity contribution in [2.45, 2.75) is 23.8 Å². The maximum absolute atomic E-state index is 12.9. The molecule has 2 fully saturated rings. The third kappa shape index (κ3) is 6.44. The molecule has 0 aliphatic carbocycles. The summed E-state index contributed by atoms with van der Waals surface area (Å²) in [5, 5.41) is 8.04. The van der Waals surface area contributed by atoms with Crippen LogP contribution < -0.4 is 16.0 Å². The van der Waals surface area contributed by atoms with E-state index in [1.807, 2.05) is 7.05 Å². The summed E-state index contributed by atoms with van der Waals surface area (Å²) in [6.07, 6.45) is 1.45. The number of sulfonamides is 1. The molecule has 2 aliphatic rings. The van der Waals surface area contributed by atoms with Crippen LogP contribution in [0.25, 0.3) is 0 Å². The van der Waals surface area contributed by atoms with Crippen molar-refractivity contribution in [3.8, 4) is 0 Å². The van der Waals surface area contributed by atoms with Gasteiger partial charge >= 0.3 is 0 Å². The van der Waals surface area contributed by atoms with E-state index in [9.17, 15) is 27.6 Å². The largest absolute Gasteiger partial charge is 0.356 e. The third-order valence-electron chi connectivity index (χ3n) is 6.78. The van der Waals surface area contributed by atoms with Crippen molar-refractivity contribution in [1.29, 1.82) is 0 Å². The Morgan fingerprint density at radius 2 is 1.76 bits per heavy atom. The third-order valence-corrected chi connectivity index (χ3v) is 8.69. The molecule has 1 unspecified atom stereocenters. The van der Waals surface area contributed by atoms with Gasteiger partial charge in [0.2, 0.25) is 15.9 Å². The Balaban J connectivity index is 1.37. The Hall–Kier alpha value is -3.61. The van der Waals surface area contributed by atoms with Crippen LogP contribution >= 0.6 is 0 Å². The summed E-state index contributed by atoms with van der Waals surface area (Å²) in [6.45, 7) is 2.69. The van der Waals surface area contributed by atoms with Crippen molar-refractivity contribution in [3.05, 3.63) is 59.7 Å². The fraction of sp³-hybridized carbons (Fsp3) is 0.385. The van der Waals surface area contributed by atoms with E-state index < -0.39 is 27.9 Å². The molecule has 2 aromatic rings. The lowest BCUT2D eigenvalue weighted by Gasteiger charge is -2.31. The van der Waals surface area contributed by atoms with Gasteiger partial charge in [-0.15, -0.1) is 0 Å². The van der Waals surface area contributed by atoms with Gasteiger partial charge in [-0.05, 0) is 62.4 Å². The summed E-state index contributed by atoms with van der Waals surface area (Å²) in [6, 6.07) is 11.1. The van der Waals surface area contributed by atoms with Gasteiger partial charge in [-0.1, -0.05) is 6.07 Å². The topological polar surface area (TPSA) is 145 Å². The lowest BCUT2D eigenvalue weighted by atomic mass is 9.99. The molecular weight excluding hydrogens is 510 g/mol. The Morgan fingerprint density at radius 3 is 2.39 bits per heavy atom. The fourth-order valence-corrected chi connectivity index (χ4v) is 5.90. The minimum absolute atomic E-state index is 0.122. The van der Waals surface area contributed by atoms with Crippen molar-refractivity contribution in [1.82, 2.24) is 19.8 Å². The van der Waals surface area contributed by atoms with E-state index in [-0.39, 0.29) is 34.3 Å². The van der Waals surface area contributed by atoms with Gasteiger partial charge in [-0.3, -0.25) is 14.4 Å². The molecule has 4 rings (SSSR count). The van der Waals surface area contributed by atoms with E-state index in [2.05, 4.69) is 20.9 Å². The van der Waals surface area contributed by atoms with Crippen molar-refractivity contribution in [3.63, 3.8) is 0 Å². The summed E-state index contributed by atoms with van der Waals surface area (Å²) in [7, 11) is -1.70. The molecule has 2 atom stereocenters. The standard InChI is InChI=1S/C26H31N5O6S/c1-30-11-13-31(14-12-30)38(36,37)23-7-5-18(6-8-23)25(34)28-21-4-2-3-19(15-21)26(35)29-22(17-32)16-20-9-10-27-24(20)33/h2-8,15,17,20,22H,9-14,16H2,1H3,(H,27,33)(H,28,34)(H,29,35)/t20?,22-/m0/s1. The molecule has 2 saturated heterocycles. The van der Waals surface area contributed by atoms with Gasteiger partial charge in [0, 0.05) is 55.5 Å². The molecule has 12 heteroatoms. The average Bonchev–Trinajstić information content (AvgIpc) is 3.32. The van der Waals surface area contributed by atoms with Gasteiger partial charge in [0.25, 0.3) is 11.8 Å². The summed E-state index contributed by atoms with van der Waals surface area (Å²) >= 11 is 0. The molecule has 0 radical (unpaired) electrons. The number of benzene rings is 2. The summed E-state index contributed by atoms with van der Waals surface area (Å²) in [5.41, 5.74) is 0.849. The van der Waals surface area contributed by atoms with Crippen LogP contribution in [-0.4, -0.2) is 87.4 Å². The SMILES string of the molecule is CN1CCN(S(=O)(=O)c2ccc(C(=O)Nc3cccc(C(=O)N[C@H](C=O)CC4CCNC4=O)c3)cc2)CC1. The van der Waals surface area contributed by atoms with Crippen LogP contribution in [0, 0.1) is 5.92 Å². The van der Waals surface area contributed by atoms with E-state index in [1.54, 1.807) is 18.2 Å². The lowest BCUT2D eigenvalue weighted by molar-refractivity contribution is -0.122. The number of nitrogens with zero attached hydrogens (tertiary/aromatic N) is 2. The highest BCUT2D eigenvalue weighted by Gasteiger charge is 2.29. The number of amides is 3. The highest BCUT2D eigenvalue weighted by Crippen LogP contribution is 2.20. The van der Waals surface area contributed by atoms with E-state index in [0.29, 0.717) is 51.1 Å². The molecule has 11 nitrogen and oxygen atoms in total. The Kier molecular flexibility index (Phi) is 8.55. The van der Waals surface area contributed by atoms with Gasteiger partial charge < -0.3 is 25.6 Å². The molecule has 0 saturated carbocycles. The molecule has 2 aliphatic heterocycles. The number of anilines is 1. The maximum Gasteiger partial charge on any atom is 0.255 e. The summed E-state index contributed by atoms with van der Waals surface area (Å²) in [5.74, 6) is -1.42. The van der Waals surface area contributed by atoms with Crippen LogP contribution in [0.1, 0.15) is 33.6 Å². The van der Waals surface area contributed by atoms with Crippen molar-refractivity contribution in [2.24, 2.45) is 5.92 Å². The number of nitrogens with one attached hydrogen (secondary N) is 3. The minimum atomic E-state index is -3.64. The molecule has 2 aromatic carbocycles. The van der Waals surface area contributed by atoms with Gasteiger partial charge in [-0.25, -0.2) is 8.42 Å². The Morgan fingerprint density at radius 1 is 1.05 bits per heavy atom. The van der Waals surface area contributed by atoms with Crippen molar-refractivity contribution in [2.75, 3.05) is 45.1 Å². The van der Waals surface area contributed by atoms with Crippen LogP contribution in [0.4, 0.5) is 5.69 Å². The number of hydrogen-bond acceptors (Lipinski definition) is 7. The molecule has 2 heterocycles. The molecule has 0 spiro atoms. The number of aldehydes is 1. The number of carbonyl (C=O) groups excluding carboxylic acids is 4. The first-order valence-electron chi connectivity index (χ1n) is 12.4. The minimum Gasteiger partial charge on any atom is -0.356 e. The second-order valence-electron chi connectivity index (χ2n) is 9.50. The van der Waals surface area contributed by atoms with Crippen LogP contribution in [0.3, 0.4) is 0 Å². The van der Waals surface area contributed by atoms with Gasteiger partial charge in [-0.2, -0.15) is 4.31 Å². The smallest absolute Gasteiger partial charge is 0.255 e. The van der Waals surface area contributed by atoms with Crippen LogP contribution in [0.2, 0.25) is 0 Å². The predicted molar refractivity (Wildman–Crippen MR) is 140 cm³/mol. The molecule has 0 bridgehead atoms. The van der Waals surface area contributed by atoms with Crippen molar-refractivity contribution >= 4 is 39.7 Å². The number of piperazine rings is 1. The average molecular weight is 542 g/mol. The first-order valence-corrected chi connectivity index (χ1v) is 13.9. The molecule has 0 aromatic heterocycles. The highest BCUT2D eigenvalue weighted by molar-refractivity contribution is 7.89. The van der Waals surface area contributed by atoms with E-state index in [0.717, 1.165) is 0 Å². The van der Waals surface area contributed by atoms with E-state index in [4.69, 9.17) is 0 Å². The van der Waals surface area contributed by atoms with E-state index >= 15 is 0 Å². The maximum atomic E-state index is 12.9. The van der Waals surface area contributed by atoms with Crippen LogP contribution in [-0.2, 0) is 19.6 Å². The number of hydrogen-bond donors (Lipinski definition) is 3. The van der Waals surface area contributed by atoms with Gasteiger partial charge in [0.1, 0.15) is 6.29 Å². The summed E-state index contributed by atoms with van der Waals surface area (Å²) in [4.78, 5) is 50.9. The first-order chi connectivity index (χ1) is 18.2.